The molecule has 0 unspecified atom stereocenters. The number of carbonyl (C=O) groups excluding carboxylic acids is 1. The van der Waals surface area contributed by atoms with Crippen LogP contribution in [0, 0.1) is 0 Å². The Morgan fingerprint density at radius 2 is 1.88 bits per heavy atom. The van der Waals surface area contributed by atoms with Crippen LogP contribution in [0.5, 0.6) is 0 Å². The van der Waals surface area contributed by atoms with Crippen LogP contribution in [0.4, 0.5) is 17.2 Å². The van der Waals surface area contributed by atoms with Crippen molar-refractivity contribution in [3.05, 3.63) is 48.2 Å². The van der Waals surface area contributed by atoms with Crippen LogP contribution in [0.2, 0.25) is 0 Å². The Morgan fingerprint density at radius 1 is 1.15 bits per heavy atom. The van der Waals surface area contributed by atoms with Crippen molar-refractivity contribution >= 4 is 47.9 Å². The SMILES string of the molecule is Cl.Cl.Nc1ccccc1CCC(=O)Nc1ccc(N2CCOCC2)nc1. The van der Waals surface area contributed by atoms with Gasteiger partial charge in [-0.1, -0.05) is 18.2 Å². The van der Waals surface area contributed by atoms with Crippen molar-refractivity contribution in [2.24, 2.45) is 0 Å². The number of morpholine rings is 1. The lowest BCUT2D eigenvalue weighted by atomic mass is 10.1. The Hall–Kier alpha value is -2.02. The summed E-state index contributed by atoms with van der Waals surface area (Å²) in [6, 6.07) is 11.4. The lowest BCUT2D eigenvalue weighted by Gasteiger charge is -2.27. The van der Waals surface area contributed by atoms with Gasteiger partial charge >= 0.3 is 0 Å². The fourth-order valence-corrected chi connectivity index (χ4v) is 2.67. The topological polar surface area (TPSA) is 80.5 Å². The summed E-state index contributed by atoms with van der Waals surface area (Å²) in [6.07, 6.45) is 2.71. The summed E-state index contributed by atoms with van der Waals surface area (Å²) in [5.41, 5.74) is 8.32. The second-order valence-electron chi connectivity index (χ2n) is 5.75. The van der Waals surface area contributed by atoms with Gasteiger partial charge < -0.3 is 20.7 Å². The first-order valence-electron chi connectivity index (χ1n) is 8.14. The van der Waals surface area contributed by atoms with E-state index in [1.165, 1.54) is 0 Å². The molecule has 8 heteroatoms. The fraction of sp³-hybridized carbons (Fsp3) is 0.333. The van der Waals surface area contributed by atoms with Gasteiger partial charge in [0, 0.05) is 25.2 Å². The molecule has 1 fully saturated rings. The van der Waals surface area contributed by atoms with E-state index in [-0.39, 0.29) is 30.7 Å². The van der Waals surface area contributed by atoms with E-state index in [9.17, 15) is 4.79 Å². The highest BCUT2D eigenvalue weighted by Gasteiger charge is 2.12. The molecule has 2 aromatic rings. The molecule has 0 saturated carbocycles. The largest absolute Gasteiger partial charge is 0.399 e. The van der Waals surface area contributed by atoms with Gasteiger partial charge in [-0.25, -0.2) is 4.98 Å². The lowest BCUT2D eigenvalue weighted by molar-refractivity contribution is -0.116. The molecule has 1 aliphatic rings. The predicted molar refractivity (Wildman–Crippen MR) is 110 cm³/mol. The number of nitrogens with two attached hydrogens (primary N) is 1. The molecule has 0 bridgehead atoms. The molecule has 6 nitrogen and oxygen atoms in total. The molecular weight excluding hydrogens is 375 g/mol. The minimum Gasteiger partial charge on any atom is -0.399 e. The summed E-state index contributed by atoms with van der Waals surface area (Å²) in [4.78, 5) is 18.7. The van der Waals surface area contributed by atoms with Crippen molar-refractivity contribution in [3.8, 4) is 0 Å². The van der Waals surface area contributed by atoms with Crippen LogP contribution in [0.15, 0.2) is 42.6 Å². The maximum Gasteiger partial charge on any atom is 0.224 e. The summed E-state index contributed by atoms with van der Waals surface area (Å²) in [5.74, 6) is 0.868. The molecule has 0 radical (unpaired) electrons. The number of anilines is 3. The first kappa shape index (κ1) is 22.0. The van der Waals surface area contributed by atoms with Crippen molar-refractivity contribution in [3.63, 3.8) is 0 Å². The number of aryl methyl sites for hydroxylation is 1. The van der Waals surface area contributed by atoms with E-state index in [0.717, 1.165) is 43.4 Å². The van der Waals surface area contributed by atoms with Crippen molar-refractivity contribution in [1.82, 2.24) is 4.98 Å². The minimum absolute atomic E-state index is 0. The molecule has 3 N–H and O–H groups in total. The minimum atomic E-state index is -0.0424. The smallest absolute Gasteiger partial charge is 0.224 e. The monoisotopic (exact) mass is 398 g/mol. The Labute approximate surface area is 165 Å². The van der Waals surface area contributed by atoms with Crippen LogP contribution in [-0.2, 0) is 16.0 Å². The summed E-state index contributed by atoms with van der Waals surface area (Å²) < 4.78 is 5.33. The van der Waals surface area contributed by atoms with E-state index in [4.69, 9.17) is 10.5 Å². The molecule has 2 heterocycles. The van der Waals surface area contributed by atoms with Crippen LogP contribution in [-0.4, -0.2) is 37.2 Å². The third-order valence-corrected chi connectivity index (χ3v) is 4.04. The number of rotatable bonds is 5. The van der Waals surface area contributed by atoms with Crippen molar-refractivity contribution < 1.29 is 9.53 Å². The Kier molecular flexibility index (Phi) is 9.19. The predicted octanol–water partition coefficient (Wildman–Crippen LogP) is 2.92. The number of amides is 1. The van der Waals surface area contributed by atoms with Crippen LogP contribution in [0.25, 0.3) is 0 Å². The van der Waals surface area contributed by atoms with Crippen LogP contribution in [0.1, 0.15) is 12.0 Å². The number of nitrogen functional groups attached to an aromatic ring is 1. The van der Waals surface area contributed by atoms with E-state index in [1.807, 2.05) is 36.4 Å². The molecule has 0 aliphatic carbocycles. The van der Waals surface area contributed by atoms with Gasteiger partial charge in [-0.05, 0) is 30.2 Å². The normalized spacial score (nSPS) is 13.3. The second kappa shape index (κ2) is 10.9. The number of halogens is 2. The van der Waals surface area contributed by atoms with Gasteiger partial charge in [0.15, 0.2) is 0 Å². The van der Waals surface area contributed by atoms with Crippen molar-refractivity contribution in [2.45, 2.75) is 12.8 Å². The number of pyridine rings is 1. The van der Waals surface area contributed by atoms with Gasteiger partial charge in [0.1, 0.15) is 5.82 Å². The highest BCUT2D eigenvalue weighted by Crippen LogP contribution is 2.16. The van der Waals surface area contributed by atoms with Gasteiger partial charge in [-0.15, -0.1) is 24.8 Å². The van der Waals surface area contributed by atoms with Gasteiger partial charge in [-0.2, -0.15) is 0 Å². The number of benzene rings is 1. The third-order valence-electron chi connectivity index (χ3n) is 4.04. The average Bonchev–Trinajstić information content (AvgIpc) is 2.62. The average molecular weight is 399 g/mol. The summed E-state index contributed by atoms with van der Waals surface area (Å²) in [6.45, 7) is 3.14. The number of aromatic nitrogens is 1. The molecule has 0 spiro atoms. The number of hydrogen-bond donors (Lipinski definition) is 2. The molecule has 1 aromatic carbocycles. The molecule has 1 aromatic heterocycles. The van der Waals surface area contributed by atoms with Crippen molar-refractivity contribution in [1.29, 1.82) is 0 Å². The lowest BCUT2D eigenvalue weighted by Crippen LogP contribution is -2.36. The van der Waals surface area contributed by atoms with E-state index >= 15 is 0 Å². The maximum absolute atomic E-state index is 12.1. The summed E-state index contributed by atoms with van der Waals surface area (Å²) >= 11 is 0. The number of nitrogens with zero attached hydrogens (tertiary/aromatic N) is 2. The molecule has 0 atom stereocenters. The first-order chi connectivity index (χ1) is 11.7. The zero-order chi connectivity index (χ0) is 16.8. The second-order valence-corrected chi connectivity index (χ2v) is 5.75. The van der Waals surface area contributed by atoms with E-state index < -0.39 is 0 Å². The highest BCUT2D eigenvalue weighted by molar-refractivity contribution is 5.90. The molecule has 1 amide bonds. The number of hydrogen-bond acceptors (Lipinski definition) is 5. The van der Waals surface area contributed by atoms with Gasteiger partial charge in [-0.3, -0.25) is 4.79 Å². The van der Waals surface area contributed by atoms with Gasteiger partial charge in [0.25, 0.3) is 0 Å². The van der Waals surface area contributed by atoms with Gasteiger partial charge in [0.2, 0.25) is 5.91 Å². The van der Waals surface area contributed by atoms with Crippen LogP contribution in [0.3, 0.4) is 0 Å². The van der Waals surface area contributed by atoms with E-state index in [0.29, 0.717) is 18.5 Å². The summed E-state index contributed by atoms with van der Waals surface area (Å²) in [5, 5.41) is 2.88. The standard InChI is InChI=1S/C18H22N4O2.2ClH/c19-16-4-2-1-3-14(16)5-8-18(23)21-15-6-7-17(20-13-15)22-9-11-24-12-10-22;;/h1-4,6-7,13H,5,8-12,19H2,(H,21,23);2*1H. The number of nitrogens with one attached hydrogen (secondary N) is 1. The molecule has 1 aliphatic heterocycles. The first-order valence-corrected chi connectivity index (χ1v) is 8.14. The molecule has 3 rings (SSSR count). The Morgan fingerprint density at radius 3 is 2.54 bits per heavy atom. The zero-order valence-corrected chi connectivity index (χ0v) is 16.0. The van der Waals surface area contributed by atoms with E-state index in [2.05, 4.69) is 15.2 Å². The molecule has 142 valence electrons. The zero-order valence-electron chi connectivity index (χ0n) is 14.4. The Balaban J connectivity index is 0.00000169. The molecule has 1 saturated heterocycles. The number of carbonyl (C=O) groups is 1. The fourth-order valence-electron chi connectivity index (χ4n) is 2.67. The maximum atomic E-state index is 12.1. The third kappa shape index (κ3) is 6.05. The number of para-hydroxylation sites is 1. The molecular formula is C18H24Cl2N4O2. The van der Waals surface area contributed by atoms with Crippen molar-refractivity contribution in [2.75, 3.05) is 42.3 Å². The number of ether oxygens (including phenoxy) is 1. The quantitative estimate of drug-likeness (QED) is 0.756. The summed E-state index contributed by atoms with van der Waals surface area (Å²) in [7, 11) is 0. The van der Waals surface area contributed by atoms with Gasteiger partial charge in [0.05, 0.1) is 25.1 Å². The molecule has 26 heavy (non-hydrogen) atoms. The Bertz CT molecular complexity index is 692. The van der Waals surface area contributed by atoms with Crippen LogP contribution >= 0.6 is 24.8 Å². The van der Waals surface area contributed by atoms with Crippen LogP contribution < -0.4 is 16.0 Å². The highest BCUT2D eigenvalue weighted by atomic mass is 35.5. The van der Waals surface area contributed by atoms with E-state index in [1.54, 1.807) is 6.20 Å².